The number of fused-ring (bicyclic) bond motifs is 1. The zero-order valence-electron chi connectivity index (χ0n) is 14.2. The zero-order valence-corrected chi connectivity index (χ0v) is 15.8. The van der Waals surface area contributed by atoms with Crippen molar-refractivity contribution in [1.82, 2.24) is 25.1 Å². The smallest absolute Gasteiger partial charge is 0.242 e. The van der Waals surface area contributed by atoms with E-state index in [9.17, 15) is 4.79 Å². The first kappa shape index (κ1) is 17.0. The Bertz CT molecular complexity index is 917. The average molecular weight is 415 g/mol. The van der Waals surface area contributed by atoms with Gasteiger partial charge in [0.05, 0.1) is 11.6 Å². The summed E-state index contributed by atoms with van der Waals surface area (Å²) in [6, 6.07) is 7.87. The number of hydrogen-bond acceptors (Lipinski definition) is 5. The van der Waals surface area contributed by atoms with Gasteiger partial charge in [0.25, 0.3) is 0 Å². The molecule has 0 saturated carbocycles. The van der Waals surface area contributed by atoms with Gasteiger partial charge in [-0.25, -0.2) is 14.6 Å². The molecule has 1 aliphatic heterocycles. The molecular formula is C18H19BrN6O. The Morgan fingerprint density at radius 2 is 1.92 bits per heavy atom. The van der Waals surface area contributed by atoms with Gasteiger partial charge in [-0.1, -0.05) is 28.1 Å². The Morgan fingerprint density at radius 1 is 1.15 bits per heavy atom. The van der Waals surface area contributed by atoms with E-state index in [0.29, 0.717) is 12.2 Å². The molecule has 0 spiro atoms. The molecule has 1 aromatic carbocycles. The van der Waals surface area contributed by atoms with E-state index in [2.05, 4.69) is 41.2 Å². The molecule has 1 aliphatic rings. The van der Waals surface area contributed by atoms with Crippen LogP contribution in [0.1, 0.15) is 18.4 Å². The first-order chi connectivity index (χ1) is 12.7. The molecule has 0 bridgehead atoms. The van der Waals surface area contributed by atoms with Crippen LogP contribution in [0.15, 0.2) is 41.3 Å². The summed E-state index contributed by atoms with van der Waals surface area (Å²) in [6.45, 7) is 2.63. The summed E-state index contributed by atoms with van der Waals surface area (Å²) < 4.78 is 2.65. The van der Waals surface area contributed by atoms with E-state index in [0.717, 1.165) is 34.3 Å². The normalized spacial score (nSPS) is 14.1. The van der Waals surface area contributed by atoms with Gasteiger partial charge >= 0.3 is 0 Å². The fraction of sp³-hybridized carbons (Fsp3) is 0.333. The molecule has 2 aromatic heterocycles. The minimum Gasteiger partial charge on any atom is -0.356 e. The maximum absolute atomic E-state index is 12.3. The molecular weight excluding hydrogens is 396 g/mol. The van der Waals surface area contributed by atoms with Crippen molar-refractivity contribution in [1.29, 1.82) is 0 Å². The average Bonchev–Trinajstić information content (AvgIpc) is 3.31. The minimum atomic E-state index is -0.0979. The maximum Gasteiger partial charge on any atom is 0.242 e. The van der Waals surface area contributed by atoms with E-state index >= 15 is 0 Å². The monoisotopic (exact) mass is 414 g/mol. The number of amides is 1. The standard InChI is InChI=1S/C18H19BrN6O/c19-14-5-3-13(4-6-14)9-20-16(26)11-25-18-15(10-23-25)17(21-12-22-18)24-7-1-2-8-24/h3-6,10,12H,1-2,7-9,11H2,(H,20,26). The maximum atomic E-state index is 12.3. The van der Waals surface area contributed by atoms with E-state index in [1.807, 2.05) is 24.3 Å². The largest absolute Gasteiger partial charge is 0.356 e. The number of aromatic nitrogens is 4. The molecule has 0 radical (unpaired) electrons. The molecule has 1 amide bonds. The summed E-state index contributed by atoms with van der Waals surface area (Å²) in [6.07, 6.45) is 5.66. The third-order valence-electron chi connectivity index (χ3n) is 4.51. The summed E-state index contributed by atoms with van der Waals surface area (Å²) in [4.78, 5) is 23.3. The van der Waals surface area contributed by atoms with Crippen LogP contribution < -0.4 is 10.2 Å². The Kier molecular flexibility index (Phi) is 4.83. The molecule has 3 aromatic rings. The molecule has 3 heterocycles. The fourth-order valence-corrected chi connectivity index (χ4v) is 3.44. The van der Waals surface area contributed by atoms with E-state index in [-0.39, 0.29) is 12.5 Å². The van der Waals surface area contributed by atoms with Crippen LogP contribution in [0.4, 0.5) is 5.82 Å². The molecule has 1 saturated heterocycles. The predicted molar refractivity (Wildman–Crippen MR) is 103 cm³/mol. The topological polar surface area (TPSA) is 75.9 Å². The zero-order chi connectivity index (χ0) is 17.9. The lowest BCUT2D eigenvalue weighted by atomic mass is 10.2. The van der Waals surface area contributed by atoms with Crippen molar-refractivity contribution in [2.75, 3.05) is 18.0 Å². The molecule has 0 aliphatic carbocycles. The number of carbonyl (C=O) groups is 1. The van der Waals surface area contributed by atoms with Crippen LogP contribution in [0.25, 0.3) is 11.0 Å². The molecule has 0 atom stereocenters. The molecule has 8 heteroatoms. The number of hydrogen-bond donors (Lipinski definition) is 1. The molecule has 1 fully saturated rings. The van der Waals surface area contributed by atoms with E-state index in [1.165, 1.54) is 12.8 Å². The van der Waals surface area contributed by atoms with Crippen LogP contribution in [0.2, 0.25) is 0 Å². The first-order valence-corrected chi connectivity index (χ1v) is 9.42. The number of rotatable bonds is 5. The van der Waals surface area contributed by atoms with Crippen molar-refractivity contribution >= 4 is 38.7 Å². The van der Waals surface area contributed by atoms with Gasteiger partial charge in [0.15, 0.2) is 5.65 Å². The van der Waals surface area contributed by atoms with Crippen molar-refractivity contribution < 1.29 is 4.79 Å². The van der Waals surface area contributed by atoms with Crippen LogP contribution in [-0.4, -0.2) is 38.7 Å². The Hall–Kier alpha value is -2.48. The lowest BCUT2D eigenvalue weighted by Gasteiger charge is -2.16. The van der Waals surface area contributed by atoms with Gasteiger partial charge in [-0.3, -0.25) is 4.79 Å². The quantitative estimate of drug-likeness (QED) is 0.693. The van der Waals surface area contributed by atoms with Crippen LogP contribution in [0, 0.1) is 0 Å². The molecule has 1 N–H and O–H groups in total. The molecule has 134 valence electrons. The summed E-state index contributed by atoms with van der Waals surface area (Å²) in [7, 11) is 0. The van der Waals surface area contributed by atoms with Crippen LogP contribution in [0.5, 0.6) is 0 Å². The summed E-state index contributed by atoms with van der Waals surface area (Å²) in [5.41, 5.74) is 1.74. The van der Waals surface area contributed by atoms with E-state index in [1.54, 1.807) is 17.2 Å². The fourth-order valence-electron chi connectivity index (χ4n) is 3.17. The Morgan fingerprint density at radius 3 is 2.69 bits per heavy atom. The molecule has 0 unspecified atom stereocenters. The van der Waals surface area contributed by atoms with E-state index in [4.69, 9.17) is 0 Å². The third kappa shape index (κ3) is 3.55. The Balaban J connectivity index is 1.46. The van der Waals surface area contributed by atoms with E-state index < -0.39 is 0 Å². The number of nitrogens with one attached hydrogen (secondary N) is 1. The summed E-state index contributed by atoms with van der Waals surface area (Å²) in [5.74, 6) is 0.813. The van der Waals surface area contributed by atoms with Crippen LogP contribution in [-0.2, 0) is 17.9 Å². The van der Waals surface area contributed by atoms with Crippen molar-refractivity contribution in [3.63, 3.8) is 0 Å². The van der Waals surface area contributed by atoms with Gasteiger partial charge in [-0.15, -0.1) is 0 Å². The van der Waals surface area contributed by atoms with Crippen molar-refractivity contribution in [2.24, 2.45) is 0 Å². The van der Waals surface area contributed by atoms with Gasteiger partial charge in [0.1, 0.15) is 18.7 Å². The summed E-state index contributed by atoms with van der Waals surface area (Å²) >= 11 is 3.40. The first-order valence-electron chi connectivity index (χ1n) is 8.63. The second-order valence-corrected chi connectivity index (χ2v) is 7.25. The highest BCUT2D eigenvalue weighted by atomic mass is 79.9. The lowest BCUT2D eigenvalue weighted by Crippen LogP contribution is -2.27. The van der Waals surface area contributed by atoms with Crippen molar-refractivity contribution in [3.8, 4) is 0 Å². The second kappa shape index (κ2) is 7.41. The number of anilines is 1. The predicted octanol–water partition coefficient (Wildman–Crippen LogP) is 2.51. The van der Waals surface area contributed by atoms with Crippen LogP contribution in [0.3, 0.4) is 0 Å². The molecule has 4 rings (SSSR count). The number of nitrogens with zero attached hydrogens (tertiary/aromatic N) is 5. The van der Waals surface area contributed by atoms with Gasteiger partial charge in [-0.05, 0) is 30.5 Å². The highest BCUT2D eigenvalue weighted by molar-refractivity contribution is 9.10. The van der Waals surface area contributed by atoms with Gasteiger partial charge in [-0.2, -0.15) is 5.10 Å². The third-order valence-corrected chi connectivity index (χ3v) is 5.04. The van der Waals surface area contributed by atoms with Gasteiger partial charge in [0, 0.05) is 24.1 Å². The summed E-state index contributed by atoms with van der Waals surface area (Å²) in [5, 5.41) is 8.17. The lowest BCUT2D eigenvalue weighted by molar-refractivity contribution is -0.121. The molecule has 7 nitrogen and oxygen atoms in total. The number of carbonyl (C=O) groups excluding carboxylic acids is 1. The SMILES string of the molecule is O=C(Cn1ncc2c(N3CCCC3)ncnc21)NCc1ccc(Br)cc1. The van der Waals surface area contributed by atoms with Crippen molar-refractivity contribution in [2.45, 2.75) is 25.9 Å². The highest BCUT2D eigenvalue weighted by Crippen LogP contribution is 2.25. The second-order valence-electron chi connectivity index (χ2n) is 6.33. The number of benzene rings is 1. The van der Waals surface area contributed by atoms with Gasteiger partial charge in [0.2, 0.25) is 5.91 Å². The Labute approximate surface area is 159 Å². The molecule has 26 heavy (non-hydrogen) atoms. The highest BCUT2D eigenvalue weighted by Gasteiger charge is 2.19. The number of halogens is 1. The minimum absolute atomic E-state index is 0.0979. The van der Waals surface area contributed by atoms with Crippen LogP contribution >= 0.6 is 15.9 Å². The van der Waals surface area contributed by atoms with Crippen molar-refractivity contribution in [3.05, 3.63) is 46.8 Å². The van der Waals surface area contributed by atoms with Gasteiger partial charge < -0.3 is 10.2 Å².